The molecule has 1 aliphatic heterocycles. The number of piperidine rings is 1. The third-order valence-corrected chi connectivity index (χ3v) is 3.28. The number of amides is 1. The molecule has 1 fully saturated rings. The summed E-state index contributed by atoms with van der Waals surface area (Å²) in [5, 5.41) is 7.34. The monoisotopic (exact) mass is 289 g/mol. The Kier molecular flexibility index (Phi) is 4.07. The van der Waals surface area contributed by atoms with Gasteiger partial charge in [0.15, 0.2) is 11.5 Å². The summed E-state index contributed by atoms with van der Waals surface area (Å²) in [4.78, 5) is 13.4. The Morgan fingerprint density at radius 1 is 1.30 bits per heavy atom. The van der Waals surface area contributed by atoms with Crippen LogP contribution in [-0.2, 0) is 0 Å². The van der Waals surface area contributed by atoms with Crippen LogP contribution in [0.5, 0.6) is 0 Å². The maximum atomic E-state index is 12.5. The molecule has 1 aromatic rings. The second-order valence-corrected chi connectivity index (χ2v) is 4.56. The van der Waals surface area contributed by atoms with Crippen molar-refractivity contribution in [1.29, 1.82) is 0 Å². The SMILES string of the molecule is NNc1ccc(C(=O)N2CCC(C(F)(F)F)CC2)nn1. The van der Waals surface area contributed by atoms with E-state index >= 15 is 0 Å². The van der Waals surface area contributed by atoms with Gasteiger partial charge in [-0.25, -0.2) is 5.84 Å². The highest BCUT2D eigenvalue weighted by molar-refractivity contribution is 5.92. The largest absolute Gasteiger partial charge is 0.391 e. The lowest BCUT2D eigenvalue weighted by molar-refractivity contribution is -0.183. The predicted octanol–water partition coefficient (Wildman–Crippen LogP) is 1.18. The van der Waals surface area contributed by atoms with Crippen LogP contribution in [0.4, 0.5) is 19.0 Å². The van der Waals surface area contributed by atoms with Crippen molar-refractivity contribution in [3.8, 4) is 0 Å². The first-order chi connectivity index (χ1) is 9.41. The van der Waals surface area contributed by atoms with Gasteiger partial charge >= 0.3 is 6.18 Å². The van der Waals surface area contributed by atoms with E-state index in [1.807, 2.05) is 0 Å². The molecule has 1 amide bonds. The average molecular weight is 289 g/mol. The van der Waals surface area contributed by atoms with Crippen LogP contribution in [0.1, 0.15) is 23.3 Å². The Morgan fingerprint density at radius 2 is 1.95 bits per heavy atom. The lowest BCUT2D eigenvalue weighted by Crippen LogP contribution is -2.42. The van der Waals surface area contributed by atoms with Gasteiger partial charge in [-0.05, 0) is 25.0 Å². The van der Waals surface area contributed by atoms with Crippen molar-refractivity contribution in [2.45, 2.75) is 19.0 Å². The van der Waals surface area contributed by atoms with Crippen LogP contribution >= 0.6 is 0 Å². The number of halogens is 3. The second-order valence-electron chi connectivity index (χ2n) is 4.56. The molecule has 0 unspecified atom stereocenters. The van der Waals surface area contributed by atoms with Crippen molar-refractivity contribution in [3.05, 3.63) is 17.8 Å². The molecule has 1 saturated heterocycles. The quantitative estimate of drug-likeness (QED) is 0.631. The molecule has 0 atom stereocenters. The minimum absolute atomic E-state index is 0.0710. The van der Waals surface area contributed by atoms with E-state index in [1.54, 1.807) is 0 Å². The van der Waals surface area contributed by atoms with Crippen LogP contribution in [0.3, 0.4) is 0 Å². The zero-order chi connectivity index (χ0) is 14.8. The van der Waals surface area contributed by atoms with Crippen LogP contribution in [0.2, 0.25) is 0 Å². The van der Waals surface area contributed by atoms with Gasteiger partial charge < -0.3 is 10.3 Å². The standard InChI is InChI=1S/C11H14F3N5O/c12-11(13,14)7-3-5-19(6-4-7)10(20)8-1-2-9(16-15)18-17-8/h1-2,7H,3-6,15H2,(H,16,18). The van der Waals surface area contributed by atoms with Gasteiger partial charge in [-0.2, -0.15) is 13.2 Å². The number of alkyl halides is 3. The van der Waals surface area contributed by atoms with Crippen molar-refractivity contribution in [2.24, 2.45) is 11.8 Å². The Hall–Kier alpha value is -1.90. The van der Waals surface area contributed by atoms with Crippen molar-refractivity contribution in [2.75, 3.05) is 18.5 Å². The van der Waals surface area contributed by atoms with E-state index in [2.05, 4.69) is 15.6 Å². The van der Waals surface area contributed by atoms with E-state index in [0.29, 0.717) is 5.82 Å². The molecule has 110 valence electrons. The van der Waals surface area contributed by atoms with Crippen LogP contribution < -0.4 is 11.3 Å². The summed E-state index contributed by atoms with van der Waals surface area (Å²) in [6, 6.07) is 2.91. The third-order valence-electron chi connectivity index (χ3n) is 3.28. The van der Waals surface area contributed by atoms with E-state index in [-0.39, 0.29) is 31.6 Å². The number of hydrogen-bond donors (Lipinski definition) is 2. The number of carbonyl (C=O) groups excluding carboxylic acids is 1. The molecule has 0 aliphatic carbocycles. The van der Waals surface area contributed by atoms with Gasteiger partial charge in [0.25, 0.3) is 5.91 Å². The first-order valence-electron chi connectivity index (χ1n) is 6.08. The fourth-order valence-corrected chi connectivity index (χ4v) is 2.10. The number of anilines is 1. The van der Waals surface area contributed by atoms with Gasteiger partial charge in [0.1, 0.15) is 0 Å². The van der Waals surface area contributed by atoms with E-state index < -0.39 is 18.0 Å². The first kappa shape index (κ1) is 14.5. The number of hydrazine groups is 1. The molecule has 0 saturated carbocycles. The minimum Gasteiger partial charge on any atom is -0.337 e. The lowest BCUT2D eigenvalue weighted by atomic mass is 9.96. The van der Waals surface area contributed by atoms with Gasteiger partial charge in [0, 0.05) is 13.1 Å². The number of nitrogens with two attached hydrogens (primary N) is 1. The second kappa shape index (κ2) is 5.61. The molecule has 0 spiro atoms. The zero-order valence-corrected chi connectivity index (χ0v) is 10.5. The maximum absolute atomic E-state index is 12.5. The topological polar surface area (TPSA) is 84.1 Å². The van der Waals surface area contributed by atoms with Crippen molar-refractivity contribution < 1.29 is 18.0 Å². The molecule has 1 aromatic heterocycles. The van der Waals surface area contributed by atoms with Crippen molar-refractivity contribution in [3.63, 3.8) is 0 Å². The molecular weight excluding hydrogens is 275 g/mol. The summed E-state index contributed by atoms with van der Waals surface area (Å²) < 4.78 is 37.6. The number of carbonyl (C=O) groups is 1. The number of nitrogens with one attached hydrogen (secondary N) is 1. The predicted molar refractivity (Wildman–Crippen MR) is 64.5 cm³/mol. The summed E-state index contributed by atoms with van der Waals surface area (Å²) >= 11 is 0. The van der Waals surface area contributed by atoms with Gasteiger partial charge in [0.05, 0.1) is 5.92 Å². The average Bonchev–Trinajstić information content (AvgIpc) is 2.46. The van der Waals surface area contributed by atoms with E-state index in [0.717, 1.165) is 0 Å². The Morgan fingerprint density at radius 3 is 2.40 bits per heavy atom. The highest BCUT2D eigenvalue weighted by atomic mass is 19.4. The van der Waals surface area contributed by atoms with Crippen LogP contribution in [-0.4, -0.2) is 40.3 Å². The molecule has 9 heteroatoms. The summed E-state index contributed by atoms with van der Waals surface area (Å²) in [6.45, 7) is 0.142. The number of nitrogen functional groups attached to an aromatic ring is 1. The number of rotatable bonds is 2. The van der Waals surface area contributed by atoms with Crippen molar-refractivity contribution in [1.82, 2.24) is 15.1 Å². The van der Waals surface area contributed by atoms with Crippen LogP contribution in [0.15, 0.2) is 12.1 Å². The Labute approximate surface area is 113 Å². The smallest absolute Gasteiger partial charge is 0.337 e. The molecule has 20 heavy (non-hydrogen) atoms. The summed E-state index contributed by atoms with van der Waals surface area (Å²) in [7, 11) is 0. The molecule has 2 rings (SSSR count). The first-order valence-corrected chi connectivity index (χ1v) is 6.08. The molecule has 1 aliphatic rings. The molecule has 6 nitrogen and oxygen atoms in total. The van der Waals surface area contributed by atoms with Crippen LogP contribution in [0, 0.1) is 5.92 Å². The van der Waals surface area contributed by atoms with Gasteiger partial charge in [0.2, 0.25) is 0 Å². The summed E-state index contributed by atoms with van der Waals surface area (Å²) in [5.41, 5.74) is 2.36. The van der Waals surface area contributed by atoms with E-state index in [1.165, 1.54) is 17.0 Å². The zero-order valence-electron chi connectivity index (χ0n) is 10.5. The Bertz CT molecular complexity index is 468. The lowest BCUT2D eigenvalue weighted by Gasteiger charge is -2.32. The number of nitrogens with zero attached hydrogens (tertiary/aromatic N) is 3. The normalized spacial score (nSPS) is 17.1. The molecular formula is C11H14F3N5O. The van der Waals surface area contributed by atoms with Crippen LogP contribution in [0.25, 0.3) is 0 Å². The Balaban J connectivity index is 1.97. The number of likely N-dealkylation sites (tertiary alicyclic amines) is 1. The van der Waals surface area contributed by atoms with E-state index in [9.17, 15) is 18.0 Å². The molecule has 0 radical (unpaired) electrons. The maximum Gasteiger partial charge on any atom is 0.391 e. The third kappa shape index (κ3) is 3.16. The molecule has 0 bridgehead atoms. The molecule has 0 aromatic carbocycles. The van der Waals surface area contributed by atoms with Gasteiger partial charge in [-0.15, -0.1) is 10.2 Å². The molecule has 3 N–H and O–H groups in total. The number of hydrogen-bond acceptors (Lipinski definition) is 5. The highest BCUT2D eigenvalue weighted by Gasteiger charge is 2.41. The van der Waals surface area contributed by atoms with E-state index in [4.69, 9.17) is 5.84 Å². The fraction of sp³-hybridized carbons (Fsp3) is 0.545. The minimum atomic E-state index is -4.19. The highest BCUT2D eigenvalue weighted by Crippen LogP contribution is 2.34. The van der Waals surface area contributed by atoms with Crippen molar-refractivity contribution >= 4 is 11.7 Å². The molecule has 2 heterocycles. The van der Waals surface area contributed by atoms with Gasteiger partial charge in [-0.1, -0.05) is 0 Å². The summed E-state index contributed by atoms with van der Waals surface area (Å²) in [5.74, 6) is 3.68. The fourth-order valence-electron chi connectivity index (χ4n) is 2.10. The summed E-state index contributed by atoms with van der Waals surface area (Å²) in [6.07, 6.45) is -4.35. The number of aromatic nitrogens is 2. The van der Waals surface area contributed by atoms with Gasteiger partial charge in [-0.3, -0.25) is 4.79 Å².